The van der Waals surface area contributed by atoms with Crippen LogP contribution in [-0.4, -0.2) is 43.0 Å². The molecule has 0 radical (unpaired) electrons. The first-order chi connectivity index (χ1) is 12.8. The zero-order valence-corrected chi connectivity index (χ0v) is 18.8. The molecule has 0 aliphatic heterocycles. The van der Waals surface area contributed by atoms with Gasteiger partial charge in [0, 0.05) is 13.1 Å². The molecule has 0 aliphatic rings. The number of carbonyl (C=O) groups is 1. The quantitative estimate of drug-likeness (QED) is 0.579. The van der Waals surface area contributed by atoms with Crippen LogP contribution in [0.15, 0.2) is 36.4 Å². The lowest BCUT2D eigenvalue weighted by molar-refractivity contribution is -0.118. The topological polar surface area (TPSA) is 36.4 Å². The highest BCUT2D eigenvalue weighted by atomic mass is 35.5. The highest BCUT2D eigenvalue weighted by molar-refractivity contribution is 7.22. The molecule has 4 nitrogen and oxygen atoms in total. The summed E-state index contributed by atoms with van der Waals surface area (Å²) in [6.45, 7) is 7.62. The Hall–Kier alpha value is -1.95. The Kier molecular flexibility index (Phi) is 7.58. The van der Waals surface area contributed by atoms with Gasteiger partial charge in [-0.2, -0.15) is 0 Å². The molecule has 1 amide bonds. The van der Waals surface area contributed by atoms with E-state index in [1.807, 2.05) is 25.1 Å². The maximum atomic E-state index is 13.2. The molecule has 0 fully saturated rings. The number of nitrogens with zero attached hydrogens (tertiary/aromatic N) is 3. The number of aryl methyl sites for hydroxylation is 3. The van der Waals surface area contributed by atoms with Crippen LogP contribution in [0.5, 0.6) is 0 Å². The predicted molar refractivity (Wildman–Crippen MR) is 122 cm³/mol. The monoisotopic (exact) mass is 417 g/mol. The number of hydrogen-bond acceptors (Lipinski definition) is 4. The number of aromatic nitrogens is 1. The van der Waals surface area contributed by atoms with Crippen molar-refractivity contribution < 1.29 is 4.79 Å². The van der Waals surface area contributed by atoms with E-state index in [0.717, 1.165) is 38.6 Å². The lowest BCUT2D eigenvalue weighted by atomic mass is 10.0. The summed E-state index contributed by atoms with van der Waals surface area (Å²) in [4.78, 5) is 22.0. The number of rotatable bonds is 6. The molecule has 0 atom stereocenters. The Labute approximate surface area is 177 Å². The standard InChI is InChI=1S/C22H27N3OS.ClH/c1-15-9-10-16(2)18(13-15)14-20(26)25(12-11-24(4)5)22-23-21-17(3)7-6-8-19(21)27-22;/h6-10,13H,11-12,14H2,1-5H3;1H. The van der Waals surface area contributed by atoms with Crippen LogP contribution in [-0.2, 0) is 11.2 Å². The number of fused-ring (bicyclic) bond motifs is 1. The largest absolute Gasteiger partial charge is 0.308 e. The van der Waals surface area contributed by atoms with Gasteiger partial charge in [0.2, 0.25) is 5.91 Å². The Morgan fingerprint density at radius 1 is 1.04 bits per heavy atom. The molecule has 0 spiro atoms. The average Bonchev–Trinajstić information content (AvgIpc) is 3.03. The Bertz CT molecular complexity index is 968. The van der Waals surface area contributed by atoms with Crippen molar-refractivity contribution in [2.45, 2.75) is 27.2 Å². The van der Waals surface area contributed by atoms with Crippen molar-refractivity contribution in [1.82, 2.24) is 9.88 Å². The average molecular weight is 418 g/mol. The lowest BCUT2D eigenvalue weighted by Gasteiger charge is -2.22. The fraction of sp³-hybridized carbons (Fsp3) is 0.364. The second kappa shape index (κ2) is 9.50. The van der Waals surface area contributed by atoms with Gasteiger partial charge in [0.15, 0.2) is 5.13 Å². The third-order valence-corrected chi connectivity index (χ3v) is 5.80. The van der Waals surface area contributed by atoms with Gasteiger partial charge in [-0.15, -0.1) is 12.4 Å². The van der Waals surface area contributed by atoms with Crippen molar-refractivity contribution in [3.8, 4) is 0 Å². The van der Waals surface area contributed by atoms with Gasteiger partial charge in [0.05, 0.1) is 16.6 Å². The summed E-state index contributed by atoms with van der Waals surface area (Å²) >= 11 is 1.59. The number of carbonyl (C=O) groups excluding carboxylic acids is 1. The fourth-order valence-corrected chi connectivity index (χ4v) is 4.15. The van der Waals surface area contributed by atoms with Crippen molar-refractivity contribution in [3.63, 3.8) is 0 Å². The van der Waals surface area contributed by atoms with Crippen LogP contribution in [0.4, 0.5) is 5.13 Å². The summed E-state index contributed by atoms with van der Waals surface area (Å²) < 4.78 is 1.12. The zero-order chi connectivity index (χ0) is 19.6. The Morgan fingerprint density at radius 2 is 1.79 bits per heavy atom. The van der Waals surface area contributed by atoms with E-state index in [2.05, 4.69) is 56.0 Å². The molecule has 0 saturated carbocycles. The molecule has 1 aromatic heterocycles. The molecule has 0 bridgehead atoms. The number of thiazole rings is 1. The minimum absolute atomic E-state index is 0. The van der Waals surface area contributed by atoms with Crippen LogP contribution in [0.2, 0.25) is 0 Å². The van der Waals surface area contributed by atoms with Gasteiger partial charge >= 0.3 is 0 Å². The molecule has 1 heterocycles. The highest BCUT2D eigenvalue weighted by Gasteiger charge is 2.21. The van der Waals surface area contributed by atoms with Gasteiger partial charge in [0.25, 0.3) is 0 Å². The Balaban J connectivity index is 0.00000280. The van der Waals surface area contributed by atoms with E-state index in [9.17, 15) is 4.79 Å². The molecule has 3 rings (SSSR count). The van der Waals surface area contributed by atoms with Gasteiger partial charge in [-0.3, -0.25) is 9.69 Å². The summed E-state index contributed by atoms with van der Waals surface area (Å²) in [6.07, 6.45) is 0.399. The summed E-state index contributed by atoms with van der Waals surface area (Å²) in [6, 6.07) is 12.5. The minimum Gasteiger partial charge on any atom is -0.308 e. The molecular weight excluding hydrogens is 390 g/mol. The summed E-state index contributed by atoms with van der Waals surface area (Å²) in [7, 11) is 4.05. The van der Waals surface area contributed by atoms with E-state index in [-0.39, 0.29) is 18.3 Å². The smallest absolute Gasteiger partial charge is 0.233 e. The van der Waals surface area contributed by atoms with Crippen LogP contribution in [0.25, 0.3) is 10.2 Å². The van der Waals surface area contributed by atoms with Crippen LogP contribution in [0.1, 0.15) is 22.3 Å². The SMILES string of the molecule is Cc1ccc(C)c(CC(=O)N(CCN(C)C)c2nc3c(C)cccc3s2)c1.Cl. The first-order valence-electron chi connectivity index (χ1n) is 9.22. The number of amides is 1. The van der Waals surface area contributed by atoms with Crippen molar-refractivity contribution in [2.75, 3.05) is 32.1 Å². The minimum atomic E-state index is 0. The number of anilines is 1. The van der Waals surface area contributed by atoms with Crippen molar-refractivity contribution in [1.29, 1.82) is 0 Å². The van der Waals surface area contributed by atoms with Crippen LogP contribution >= 0.6 is 23.7 Å². The van der Waals surface area contributed by atoms with E-state index in [1.54, 1.807) is 11.3 Å². The second-order valence-electron chi connectivity index (χ2n) is 7.37. The maximum Gasteiger partial charge on any atom is 0.233 e. The van der Waals surface area contributed by atoms with Gasteiger partial charge in [0.1, 0.15) is 0 Å². The lowest BCUT2D eigenvalue weighted by Crippen LogP contribution is -2.37. The van der Waals surface area contributed by atoms with E-state index >= 15 is 0 Å². The molecule has 0 saturated heterocycles. The van der Waals surface area contributed by atoms with Gasteiger partial charge in [-0.25, -0.2) is 4.98 Å². The molecule has 0 N–H and O–H groups in total. The molecule has 2 aromatic carbocycles. The normalized spacial score (nSPS) is 10.9. The number of hydrogen-bond donors (Lipinski definition) is 0. The van der Waals surface area contributed by atoms with E-state index < -0.39 is 0 Å². The van der Waals surface area contributed by atoms with Gasteiger partial charge < -0.3 is 4.90 Å². The third kappa shape index (κ3) is 5.10. The summed E-state index contributed by atoms with van der Waals surface area (Å²) in [5.74, 6) is 0.0993. The van der Waals surface area contributed by atoms with Gasteiger partial charge in [-0.05, 0) is 57.6 Å². The van der Waals surface area contributed by atoms with E-state index in [1.165, 1.54) is 5.56 Å². The first-order valence-corrected chi connectivity index (χ1v) is 10.0. The van der Waals surface area contributed by atoms with Crippen LogP contribution in [0, 0.1) is 20.8 Å². The van der Waals surface area contributed by atoms with Crippen LogP contribution < -0.4 is 4.90 Å². The molecular formula is C22H28ClN3OS. The number of benzene rings is 2. The number of likely N-dealkylation sites (N-methyl/N-ethyl adjacent to an activating group) is 1. The zero-order valence-electron chi connectivity index (χ0n) is 17.2. The summed E-state index contributed by atoms with van der Waals surface area (Å²) in [5, 5.41) is 0.788. The fourth-order valence-electron chi connectivity index (χ4n) is 3.07. The molecule has 3 aromatic rings. The molecule has 0 aliphatic carbocycles. The van der Waals surface area contributed by atoms with Crippen LogP contribution in [0.3, 0.4) is 0 Å². The molecule has 0 unspecified atom stereocenters. The predicted octanol–water partition coefficient (Wildman–Crippen LogP) is 4.78. The van der Waals surface area contributed by atoms with Crippen molar-refractivity contribution in [3.05, 3.63) is 58.7 Å². The Morgan fingerprint density at radius 3 is 2.46 bits per heavy atom. The molecule has 150 valence electrons. The van der Waals surface area contributed by atoms with Gasteiger partial charge in [-0.1, -0.05) is 47.2 Å². The van der Waals surface area contributed by atoms with Crippen molar-refractivity contribution in [2.24, 2.45) is 0 Å². The highest BCUT2D eigenvalue weighted by Crippen LogP contribution is 2.31. The third-order valence-electron chi connectivity index (χ3n) is 4.76. The molecule has 6 heteroatoms. The number of halogens is 1. The van der Waals surface area contributed by atoms with Crippen molar-refractivity contribution >= 4 is 45.0 Å². The van der Waals surface area contributed by atoms with E-state index in [4.69, 9.17) is 4.98 Å². The van der Waals surface area contributed by atoms with E-state index in [0.29, 0.717) is 13.0 Å². The number of para-hydroxylation sites is 1. The first kappa shape index (κ1) is 22.3. The summed E-state index contributed by atoms with van der Waals surface area (Å²) in [5.41, 5.74) is 5.56. The molecule has 28 heavy (non-hydrogen) atoms. The second-order valence-corrected chi connectivity index (χ2v) is 8.38. The maximum absolute atomic E-state index is 13.2.